The fraction of sp³-hybridized carbons (Fsp3) is 0.364. The topological polar surface area (TPSA) is 61.9 Å². The fourth-order valence-corrected chi connectivity index (χ4v) is 3.40. The molecule has 0 unspecified atom stereocenters. The molecule has 2 aromatic rings. The molecule has 0 saturated carbocycles. The Balaban J connectivity index is 1.74. The number of amides is 2. The number of methoxy groups -OCH3 is 1. The van der Waals surface area contributed by atoms with Gasteiger partial charge in [0, 0.05) is 38.6 Å². The van der Waals surface area contributed by atoms with Crippen LogP contribution in [-0.4, -0.2) is 51.0 Å². The minimum absolute atomic E-state index is 0.0208. The molecular weight excluding hydrogens is 354 g/mol. The van der Waals surface area contributed by atoms with E-state index in [1.54, 1.807) is 13.2 Å². The summed E-state index contributed by atoms with van der Waals surface area (Å²) in [7, 11) is 5.44. The zero-order chi connectivity index (χ0) is 20.1. The predicted octanol–water partition coefficient (Wildman–Crippen LogP) is 3.18. The van der Waals surface area contributed by atoms with Crippen LogP contribution >= 0.6 is 0 Å². The quantitative estimate of drug-likeness (QED) is 0.835. The summed E-state index contributed by atoms with van der Waals surface area (Å²) in [4.78, 5) is 29.2. The van der Waals surface area contributed by atoms with E-state index in [9.17, 15) is 9.59 Å². The van der Waals surface area contributed by atoms with Crippen LogP contribution in [0.15, 0.2) is 42.5 Å². The van der Waals surface area contributed by atoms with Gasteiger partial charge in [0.05, 0.1) is 19.1 Å². The lowest BCUT2D eigenvalue weighted by Crippen LogP contribution is -2.29. The van der Waals surface area contributed by atoms with Crippen LogP contribution in [0.3, 0.4) is 0 Å². The van der Waals surface area contributed by atoms with Crippen LogP contribution in [0.25, 0.3) is 0 Å². The number of hydrogen-bond acceptors (Lipinski definition) is 4. The molecule has 0 atom stereocenters. The molecule has 6 heteroatoms. The molecule has 0 bridgehead atoms. The Morgan fingerprint density at radius 3 is 2.36 bits per heavy atom. The predicted molar refractivity (Wildman–Crippen MR) is 111 cm³/mol. The van der Waals surface area contributed by atoms with Crippen molar-refractivity contribution in [2.45, 2.75) is 19.3 Å². The Kier molecular flexibility index (Phi) is 6.19. The standard InChI is InChI=1S/C22H27N3O3/c1-24(2)20-11-8-17(15-19(20)22(27)25-12-4-5-13-25)23-21(26)14-16-6-9-18(28-3)10-7-16/h6-11,15H,4-5,12-14H2,1-3H3,(H,23,26). The van der Waals surface area contributed by atoms with E-state index in [1.807, 2.05) is 60.3 Å². The second-order valence-corrected chi connectivity index (χ2v) is 7.20. The van der Waals surface area contributed by atoms with Crippen molar-refractivity contribution in [1.82, 2.24) is 4.90 Å². The first-order valence-corrected chi connectivity index (χ1v) is 9.51. The van der Waals surface area contributed by atoms with Crippen molar-refractivity contribution in [3.8, 4) is 5.75 Å². The van der Waals surface area contributed by atoms with Crippen molar-refractivity contribution in [2.75, 3.05) is 44.5 Å². The van der Waals surface area contributed by atoms with E-state index in [1.165, 1.54) is 0 Å². The van der Waals surface area contributed by atoms with Crippen LogP contribution in [0.2, 0.25) is 0 Å². The molecule has 2 aromatic carbocycles. The van der Waals surface area contributed by atoms with Crippen molar-refractivity contribution in [3.05, 3.63) is 53.6 Å². The number of hydrogen-bond donors (Lipinski definition) is 1. The minimum Gasteiger partial charge on any atom is -0.497 e. The Morgan fingerprint density at radius 2 is 1.75 bits per heavy atom. The average molecular weight is 381 g/mol. The van der Waals surface area contributed by atoms with Crippen molar-refractivity contribution < 1.29 is 14.3 Å². The number of carbonyl (C=O) groups excluding carboxylic acids is 2. The molecular formula is C22H27N3O3. The molecule has 1 fully saturated rings. The smallest absolute Gasteiger partial charge is 0.256 e. The second-order valence-electron chi connectivity index (χ2n) is 7.20. The van der Waals surface area contributed by atoms with E-state index in [0.717, 1.165) is 42.9 Å². The molecule has 1 aliphatic rings. The lowest BCUT2D eigenvalue weighted by atomic mass is 10.1. The average Bonchev–Trinajstić information content (AvgIpc) is 3.22. The normalized spacial score (nSPS) is 13.3. The van der Waals surface area contributed by atoms with Crippen molar-refractivity contribution >= 4 is 23.2 Å². The summed E-state index contributed by atoms with van der Waals surface area (Å²) in [5.74, 6) is 0.656. The number of nitrogens with one attached hydrogen (secondary N) is 1. The van der Waals surface area contributed by atoms with Gasteiger partial charge in [0.1, 0.15) is 5.75 Å². The van der Waals surface area contributed by atoms with E-state index in [2.05, 4.69) is 5.32 Å². The van der Waals surface area contributed by atoms with Gasteiger partial charge in [-0.1, -0.05) is 12.1 Å². The molecule has 0 aliphatic carbocycles. The van der Waals surface area contributed by atoms with Crippen LogP contribution in [-0.2, 0) is 11.2 Å². The van der Waals surface area contributed by atoms with E-state index in [0.29, 0.717) is 11.3 Å². The van der Waals surface area contributed by atoms with E-state index in [-0.39, 0.29) is 18.2 Å². The maximum atomic E-state index is 12.9. The van der Waals surface area contributed by atoms with Gasteiger partial charge in [-0.15, -0.1) is 0 Å². The third-order valence-electron chi connectivity index (χ3n) is 4.91. The molecule has 0 aromatic heterocycles. The van der Waals surface area contributed by atoms with Crippen molar-refractivity contribution in [1.29, 1.82) is 0 Å². The lowest BCUT2D eigenvalue weighted by Gasteiger charge is -2.22. The molecule has 0 spiro atoms. The first-order chi connectivity index (χ1) is 13.5. The van der Waals surface area contributed by atoms with Gasteiger partial charge in [0.2, 0.25) is 5.91 Å². The summed E-state index contributed by atoms with van der Waals surface area (Å²) in [6.07, 6.45) is 2.34. The van der Waals surface area contributed by atoms with Gasteiger partial charge in [-0.3, -0.25) is 9.59 Å². The summed E-state index contributed by atoms with van der Waals surface area (Å²) in [5, 5.41) is 2.91. The summed E-state index contributed by atoms with van der Waals surface area (Å²) >= 11 is 0. The molecule has 1 saturated heterocycles. The van der Waals surface area contributed by atoms with Crippen LogP contribution < -0.4 is 15.0 Å². The van der Waals surface area contributed by atoms with Crippen LogP contribution in [0.5, 0.6) is 5.75 Å². The van der Waals surface area contributed by atoms with Gasteiger partial charge in [-0.05, 0) is 48.7 Å². The molecule has 1 N–H and O–H groups in total. The molecule has 2 amide bonds. The Bertz CT molecular complexity index is 841. The summed E-state index contributed by atoms with van der Waals surface area (Å²) < 4.78 is 5.14. The first kappa shape index (κ1) is 19.7. The largest absolute Gasteiger partial charge is 0.497 e. The molecule has 6 nitrogen and oxygen atoms in total. The highest BCUT2D eigenvalue weighted by Crippen LogP contribution is 2.26. The number of likely N-dealkylation sites (tertiary alicyclic amines) is 1. The highest BCUT2D eigenvalue weighted by Gasteiger charge is 2.23. The SMILES string of the molecule is COc1ccc(CC(=O)Nc2ccc(N(C)C)c(C(=O)N3CCCC3)c2)cc1. The maximum Gasteiger partial charge on any atom is 0.256 e. The van der Waals surface area contributed by atoms with Gasteiger partial charge in [0.25, 0.3) is 5.91 Å². The number of carbonyl (C=O) groups is 2. The maximum absolute atomic E-state index is 12.9. The molecule has 148 valence electrons. The van der Waals surface area contributed by atoms with E-state index in [4.69, 9.17) is 4.74 Å². The van der Waals surface area contributed by atoms with Gasteiger partial charge in [-0.25, -0.2) is 0 Å². The van der Waals surface area contributed by atoms with Gasteiger partial charge < -0.3 is 19.9 Å². The molecule has 0 radical (unpaired) electrons. The highest BCUT2D eigenvalue weighted by atomic mass is 16.5. The number of anilines is 2. The molecule has 1 aliphatic heterocycles. The Hall–Kier alpha value is -3.02. The number of nitrogens with zero attached hydrogens (tertiary/aromatic N) is 2. The van der Waals surface area contributed by atoms with Crippen molar-refractivity contribution in [2.24, 2.45) is 0 Å². The number of ether oxygens (including phenoxy) is 1. The van der Waals surface area contributed by atoms with Crippen molar-refractivity contribution in [3.63, 3.8) is 0 Å². The Morgan fingerprint density at radius 1 is 1.07 bits per heavy atom. The third kappa shape index (κ3) is 4.63. The second kappa shape index (κ2) is 8.78. The Labute approximate surface area is 166 Å². The minimum atomic E-state index is -0.123. The van der Waals surface area contributed by atoms with Crippen LogP contribution in [0, 0.1) is 0 Å². The monoisotopic (exact) mass is 381 g/mol. The molecule has 28 heavy (non-hydrogen) atoms. The zero-order valence-electron chi connectivity index (χ0n) is 16.7. The number of rotatable bonds is 6. The van der Waals surface area contributed by atoms with Crippen LogP contribution in [0.4, 0.5) is 11.4 Å². The van der Waals surface area contributed by atoms with E-state index >= 15 is 0 Å². The molecule has 3 rings (SSSR count). The number of benzene rings is 2. The van der Waals surface area contributed by atoms with E-state index < -0.39 is 0 Å². The van der Waals surface area contributed by atoms with Gasteiger partial charge >= 0.3 is 0 Å². The fourth-order valence-electron chi connectivity index (χ4n) is 3.40. The van der Waals surface area contributed by atoms with Gasteiger partial charge in [0.15, 0.2) is 0 Å². The summed E-state index contributed by atoms with van der Waals surface area (Å²) in [6, 6.07) is 12.9. The molecule has 1 heterocycles. The lowest BCUT2D eigenvalue weighted by molar-refractivity contribution is -0.115. The van der Waals surface area contributed by atoms with Crippen LogP contribution in [0.1, 0.15) is 28.8 Å². The highest BCUT2D eigenvalue weighted by molar-refractivity contribution is 6.02. The van der Waals surface area contributed by atoms with Gasteiger partial charge in [-0.2, -0.15) is 0 Å². The zero-order valence-corrected chi connectivity index (χ0v) is 16.7. The third-order valence-corrected chi connectivity index (χ3v) is 4.91. The summed E-state index contributed by atoms with van der Waals surface area (Å²) in [5.41, 5.74) is 3.00. The summed E-state index contributed by atoms with van der Waals surface area (Å²) in [6.45, 7) is 1.58. The first-order valence-electron chi connectivity index (χ1n) is 9.51.